The fourth-order valence-corrected chi connectivity index (χ4v) is 2.27. The van der Waals surface area contributed by atoms with Crippen molar-refractivity contribution in [2.45, 2.75) is 45.8 Å². The molecule has 1 aromatic rings. The van der Waals surface area contributed by atoms with Crippen molar-refractivity contribution >= 4 is 13.2 Å². The van der Waals surface area contributed by atoms with Crippen molar-refractivity contribution in [1.29, 1.82) is 0 Å². The second kappa shape index (κ2) is 6.03. The molecule has 120 valence electrons. The van der Waals surface area contributed by atoms with Crippen molar-refractivity contribution in [1.82, 2.24) is 4.98 Å². The molecule has 0 saturated carbocycles. The Balaban J connectivity index is 2.27. The quantitative estimate of drug-likeness (QED) is 0.866. The highest BCUT2D eigenvalue weighted by Crippen LogP contribution is 2.38. The lowest BCUT2D eigenvalue weighted by Crippen LogP contribution is -2.41. The smallest absolute Gasteiger partial charge is 0.481 e. The zero-order valence-corrected chi connectivity index (χ0v) is 14.1. The summed E-state index contributed by atoms with van der Waals surface area (Å²) >= 11 is 0. The van der Waals surface area contributed by atoms with Gasteiger partial charge in [0.1, 0.15) is 0 Å². The summed E-state index contributed by atoms with van der Waals surface area (Å²) in [5, 5.41) is 9.68. The molecule has 2 heterocycles. The lowest BCUT2D eigenvalue weighted by atomic mass is 9.77. The molecule has 6 heteroatoms. The first-order valence-electron chi connectivity index (χ1n) is 7.38. The first-order valence-corrected chi connectivity index (χ1v) is 7.38. The van der Waals surface area contributed by atoms with Gasteiger partial charge in [-0.1, -0.05) is 6.08 Å². The Bertz CT molecular complexity index is 568. The van der Waals surface area contributed by atoms with Crippen LogP contribution in [0.2, 0.25) is 0 Å². The van der Waals surface area contributed by atoms with Gasteiger partial charge in [0.2, 0.25) is 5.88 Å². The van der Waals surface area contributed by atoms with E-state index in [0.717, 1.165) is 11.1 Å². The van der Waals surface area contributed by atoms with Gasteiger partial charge in [0.05, 0.1) is 24.9 Å². The van der Waals surface area contributed by atoms with E-state index in [4.69, 9.17) is 14.0 Å². The number of rotatable bonds is 4. The van der Waals surface area contributed by atoms with Crippen LogP contribution in [0.5, 0.6) is 5.88 Å². The predicted octanol–water partition coefficient (Wildman–Crippen LogP) is 2.41. The summed E-state index contributed by atoms with van der Waals surface area (Å²) in [5.41, 5.74) is 1.62. The predicted molar refractivity (Wildman–Crippen MR) is 86.7 cm³/mol. The lowest BCUT2D eigenvalue weighted by Gasteiger charge is -2.32. The van der Waals surface area contributed by atoms with Gasteiger partial charge in [-0.25, -0.2) is 4.98 Å². The second-order valence-electron chi connectivity index (χ2n) is 6.56. The normalized spacial score (nSPS) is 20.3. The Morgan fingerprint density at radius 1 is 1.32 bits per heavy atom. The van der Waals surface area contributed by atoms with Crippen molar-refractivity contribution in [2.24, 2.45) is 0 Å². The zero-order valence-electron chi connectivity index (χ0n) is 14.1. The minimum absolute atomic E-state index is 0.137. The van der Waals surface area contributed by atoms with Crippen LogP contribution in [0.3, 0.4) is 0 Å². The van der Waals surface area contributed by atoms with E-state index in [0.29, 0.717) is 11.4 Å². The summed E-state index contributed by atoms with van der Waals surface area (Å²) in [5.74, 6) is 0.596. The molecule has 0 amide bonds. The van der Waals surface area contributed by atoms with Crippen molar-refractivity contribution in [3.63, 3.8) is 0 Å². The number of aliphatic hydroxyl groups is 1. The van der Waals surface area contributed by atoms with Gasteiger partial charge in [0.15, 0.2) is 0 Å². The van der Waals surface area contributed by atoms with Gasteiger partial charge < -0.3 is 19.2 Å². The van der Waals surface area contributed by atoms with Gasteiger partial charge in [0, 0.05) is 11.8 Å². The Labute approximate surface area is 132 Å². The maximum atomic E-state index is 9.68. The lowest BCUT2D eigenvalue weighted by molar-refractivity contribution is 0.00578. The van der Waals surface area contributed by atoms with E-state index in [1.165, 1.54) is 0 Å². The fraction of sp³-hybridized carbons (Fsp3) is 0.562. The van der Waals surface area contributed by atoms with Crippen LogP contribution in [-0.2, 0) is 9.31 Å². The summed E-state index contributed by atoms with van der Waals surface area (Å²) < 4.78 is 17.1. The molecule has 0 atom stereocenters. The molecule has 2 rings (SSSR count). The maximum absolute atomic E-state index is 9.68. The number of pyridine rings is 1. The van der Waals surface area contributed by atoms with Crippen molar-refractivity contribution in [3.8, 4) is 5.88 Å². The van der Waals surface area contributed by atoms with Gasteiger partial charge in [0.25, 0.3) is 0 Å². The summed E-state index contributed by atoms with van der Waals surface area (Å²) in [6, 6.07) is 1.95. The first-order chi connectivity index (χ1) is 10.2. The molecule has 0 unspecified atom stereocenters. The Hall–Kier alpha value is -1.37. The number of hydrogen-bond acceptors (Lipinski definition) is 5. The highest BCUT2D eigenvalue weighted by Gasteiger charge is 2.52. The first kappa shape index (κ1) is 17.0. The van der Waals surface area contributed by atoms with Gasteiger partial charge >= 0.3 is 7.12 Å². The molecule has 1 fully saturated rings. The van der Waals surface area contributed by atoms with Crippen LogP contribution in [0.25, 0.3) is 6.08 Å². The summed E-state index contributed by atoms with van der Waals surface area (Å²) in [4.78, 5) is 4.24. The van der Waals surface area contributed by atoms with Crippen LogP contribution < -0.4 is 4.74 Å². The van der Waals surface area contributed by atoms with Crippen LogP contribution >= 0.6 is 0 Å². The SMILES string of the molecule is COc1ncc(C=C(CO)B2OC(C)(C)C(C)(C)O2)cc1C. The van der Waals surface area contributed by atoms with E-state index in [1.54, 1.807) is 13.3 Å². The van der Waals surface area contributed by atoms with Gasteiger partial charge in [-0.2, -0.15) is 0 Å². The molecular weight excluding hydrogens is 281 g/mol. The molecule has 0 spiro atoms. The summed E-state index contributed by atoms with van der Waals surface area (Å²) in [6.45, 7) is 9.74. The van der Waals surface area contributed by atoms with E-state index in [1.807, 2.05) is 46.8 Å². The van der Waals surface area contributed by atoms with Gasteiger partial charge in [-0.15, -0.1) is 0 Å². The molecule has 1 aliphatic rings. The highest BCUT2D eigenvalue weighted by atomic mass is 16.7. The molecule has 1 N–H and O–H groups in total. The molecule has 22 heavy (non-hydrogen) atoms. The largest absolute Gasteiger partial charge is 0.492 e. The minimum atomic E-state index is -0.558. The van der Waals surface area contributed by atoms with Crippen molar-refractivity contribution < 1.29 is 19.2 Å². The van der Waals surface area contributed by atoms with E-state index in [-0.39, 0.29) is 6.61 Å². The average molecular weight is 305 g/mol. The van der Waals surface area contributed by atoms with E-state index in [2.05, 4.69) is 4.98 Å². The van der Waals surface area contributed by atoms with Crippen LogP contribution in [-0.4, -0.2) is 42.1 Å². The summed E-state index contributed by atoms with van der Waals surface area (Å²) in [7, 11) is 1.03. The number of aliphatic hydroxyl groups excluding tert-OH is 1. The molecule has 0 bridgehead atoms. The number of methoxy groups -OCH3 is 1. The van der Waals surface area contributed by atoms with Crippen LogP contribution in [0, 0.1) is 6.92 Å². The Morgan fingerprint density at radius 3 is 2.36 bits per heavy atom. The maximum Gasteiger partial charge on any atom is 0.492 e. The molecule has 1 aliphatic heterocycles. The molecule has 0 radical (unpaired) electrons. The average Bonchev–Trinajstić information content (AvgIpc) is 2.65. The topological polar surface area (TPSA) is 60.8 Å². The van der Waals surface area contributed by atoms with Crippen molar-refractivity contribution in [2.75, 3.05) is 13.7 Å². The van der Waals surface area contributed by atoms with Crippen LogP contribution in [0.1, 0.15) is 38.8 Å². The molecule has 5 nitrogen and oxygen atoms in total. The van der Waals surface area contributed by atoms with Gasteiger partial charge in [-0.3, -0.25) is 0 Å². The Morgan fingerprint density at radius 2 is 1.91 bits per heavy atom. The Kier molecular flexibility index (Phi) is 4.66. The highest BCUT2D eigenvalue weighted by molar-refractivity contribution is 6.55. The zero-order chi connectivity index (χ0) is 16.5. The third-order valence-electron chi connectivity index (χ3n) is 4.34. The molecule has 0 aliphatic carbocycles. The third kappa shape index (κ3) is 3.19. The number of aryl methyl sites for hydroxylation is 1. The number of aromatic nitrogens is 1. The monoisotopic (exact) mass is 305 g/mol. The number of nitrogens with zero attached hydrogens (tertiary/aromatic N) is 1. The van der Waals surface area contributed by atoms with Gasteiger partial charge in [-0.05, 0) is 51.7 Å². The molecule has 1 saturated heterocycles. The van der Waals surface area contributed by atoms with E-state index < -0.39 is 18.3 Å². The minimum Gasteiger partial charge on any atom is -0.481 e. The summed E-state index contributed by atoms with van der Waals surface area (Å²) in [6.07, 6.45) is 3.55. The van der Waals surface area contributed by atoms with E-state index >= 15 is 0 Å². The third-order valence-corrected chi connectivity index (χ3v) is 4.34. The standard InChI is InChI=1S/C16H24BNO4/c1-11-7-12(9-18-14(11)20-6)8-13(10-19)17-21-15(2,3)16(4,5)22-17/h7-9,19H,10H2,1-6H3. The van der Waals surface area contributed by atoms with Crippen LogP contribution in [0.15, 0.2) is 17.7 Å². The van der Waals surface area contributed by atoms with E-state index in [9.17, 15) is 5.11 Å². The van der Waals surface area contributed by atoms with Crippen LogP contribution in [0.4, 0.5) is 0 Å². The van der Waals surface area contributed by atoms with Crippen molar-refractivity contribution in [3.05, 3.63) is 28.9 Å². The molecular formula is C16H24BNO4. The molecule has 0 aromatic carbocycles. The second-order valence-corrected chi connectivity index (χ2v) is 6.56. The molecule has 1 aromatic heterocycles. The number of hydrogen-bond donors (Lipinski definition) is 1. The number of ether oxygens (including phenoxy) is 1. The fourth-order valence-electron chi connectivity index (χ4n) is 2.27.